The second kappa shape index (κ2) is 6.99. The van der Waals surface area contributed by atoms with Gasteiger partial charge in [-0.1, -0.05) is 29.3 Å². The SMILES string of the molecule is Cc1ccc2oc(=N)c3c(c2c1)Nc1oc2ccc(C)cc2c(=O)c1C3c1ccc2c(c1)OCO2. The highest BCUT2D eigenvalue weighted by Crippen LogP contribution is 2.47. The molecule has 5 aromatic rings. The minimum atomic E-state index is -0.599. The van der Waals surface area contributed by atoms with Crippen molar-refractivity contribution in [2.45, 2.75) is 19.8 Å². The lowest BCUT2D eigenvalue weighted by Gasteiger charge is -2.28. The van der Waals surface area contributed by atoms with Crippen LogP contribution in [-0.2, 0) is 0 Å². The average molecular weight is 464 g/mol. The standard InChI is InChI=1S/C28H20N2O5/c1-13-3-6-18-16(9-13)25-23(27(29)34-18)22(15-5-8-20-21(11-15)33-12-32-20)24-26(31)17-10-14(2)4-7-19(17)35-28(24)30-25/h3-11,22,29-30H,12H2,1-2H3. The van der Waals surface area contributed by atoms with E-state index in [0.29, 0.717) is 50.7 Å². The van der Waals surface area contributed by atoms with E-state index in [4.69, 9.17) is 23.7 Å². The van der Waals surface area contributed by atoms with Gasteiger partial charge in [0.25, 0.3) is 0 Å². The van der Waals surface area contributed by atoms with Crippen molar-refractivity contribution >= 4 is 33.5 Å². The molecule has 0 saturated heterocycles. The van der Waals surface area contributed by atoms with Crippen LogP contribution in [0.3, 0.4) is 0 Å². The normalized spacial score (nSPS) is 15.7. The molecule has 2 aromatic heterocycles. The third kappa shape index (κ3) is 2.84. The van der Waals surface area contributed by atoms with Crippen LogP contribution in [0.15, 0.2) is 68.2 Å². The number of ether oxygens (including phenoxy) is 2. The van der Waals surface area contributed by atoms with Gasteiger partial charge in [0.1, 0.15) is 11.2 Å². The number of hydrogen-bond acceptors (Lipinski definition) is 7. The number of hydrogen-bond donors (Lipinski definition) is 2. The first kappa shape index (κ1) is 19.9. The summed E-state index contributed by atoms with van der Waals surface area (Å²) in [5, 5.41) is 13.5. The van der Waals surface area contributed by atoms with Crippen molar-refractivity contribution in [2.75, 3.05) is 12.1 Å². The predicted molar refractivity (Wildman–Crippen MR) is 131 cm³/mol. The van der Waals surface area contributed by atoms with E-state index < -0.39 is 5.92 Å². The van der Waals surface area contributed by atoms with E-state index in [1.54, 1.807) is 0 Å². The summed E-state index contributed by atoms with van der Waals surface area (Å²) < 4.78 is 23.4. The van der Waals surface area contributed by atoms with Gasteiger partial charge in [-0.25, -0.2) is 0 Å². The van der Waals surface area contributed by atoms with Crippen LogP contribution in [-0.4, -0.2) is 6.79 Å². The van der Waals surface area contributed by atoms with Crippen LogP contribution in [0.4, 0.5) is 11.6 Å². The van der Waals surface area contributed by atoms with Crippen LogP contribution in [0.5, 0.6) is 11.5 Å². The lowest BCUT2D eigenvalue weighted by molar-refractivity contribution is 0.174. The Kier molecular flexibility index (Phi) is 3.98. The molecule has 2 aliphatic rings. The molecule has 0 saturated carbocycles. The van der Waals surface area contributed by atoms with Crippen LogP contribution >= 0.6 is 0 Å². The Morgan fingerprint density at radius 1 is 0.829 bits per heavy atom. The molecule has 7 heteroatoms. The minimum absolute atomic E-state index is 0.0130. The molecule has 2 aliphatic heterocycles. The first-order chi connectivity index (χ1) is 17.0. The van der Waals surface area contributed by atoms with Gasteiger partial charge >= 0.3 is 0 Å². The Morgan fingerprint density at radius 2 is 1.54 bits per heavy atom. The van der Waals surface area contributed by atoms with Crippen molar-refractivity contribution in [3.8, 4) is 11.5 Å². The highest BCUT2D eigenvalue weighted by molar-refractivity contribution is 5.96. The van der Waals surface area contributed by atoms with Crippen LogP contribution < -0.4 is 25.8 Å². The van der Waals surface area contributed by atoms with E-state index in [-0.39, 0.29) is 17.8 Å². The van der Waals surface area contributed by atoms with Gasteiger partial charge in [-0.05, 0) is 55.8 Å². The smallest absolute Gasteiger partial charge is 0.231 e. The summed E-state index contributed by atoms with van der Waals surface area (Å²) in [5.41, 5.74) is 5.44. The molecule has 0 amide bonds. The summed E-state index contributed by atoms with van der Waals surface area (Å²) in [5.74, 6) is 1.02. The van der Waals surface area contributed by atoms with Gasteiger partial charge in [-0.2, -0.15) is 0 Å². The number of fused-ring (bicyclic) bond motifs is 6. The summed E-state index contributed by atoms with van der Waals surface area (Å²) in [6.07, 6.45) is 0. The van der Waals surface area contributed by atoms with Crippen LogP contribution in [0, 0.1) is 19.3 Å². The van der Waals surface area contributed by atoms with Gasteiger partial charge in [0, 0.05) is 5.39 Å². The monoisotopic (exact) mass is 464 g/mol. The molecule has 35 heavy (non-hydrogen) atoms. The predicted octanol–water partition coefficient (Wildman–Crippen LogP) is 5.60. The molecule has 3 aromatic carbocycles. The molecule has 0 aliphatic carbocycles. The Bertz CT molecular complexity index is 1830. The summed E-state index contributed by atoms with van der Waals surface area (Å²) in [6, 6.07) is 17.0. The summed E-state index contributed by atoms with van der Waals surface area (Å²) in [4.78, 5) is 13.9. The molecule has 1 unspecified atom stereocenters. The van der Waals surface area contributed by atoms with Gasteiger partial charge in [-0.15, -0.1) is 0 Å². The van der Waals surface area contributed by atoms with Crippen molar-refractivity contribution in [1.82, 2.24) is 0 Å². The molecule has 4 heterocycles. The summed E-state index contributed by atoms with van der Waals surface area (Å²) >= 11 is 0. The molecule has 2 N–H and O–H groups in total. The highest BCUT2D eigenvalue weighted by atomic mass is 16.7. The zero-order valence-corrected chi connectivity index (χ0v) is 19.0. The topological polar surface area (TPSA) is 97.7 Å². The lowest BCUT2D eigenvalue weighted by Crippen LogP contribution is -2.27. The fourth-order valence-electron chi connectivity index (χ4n) is 5.12. The molecular weight excluding hydrogens is 444 g/mol. The van der Waals surface area contributed by atoms with Crippen molar-refractivity contribution < 1.29 is 18.3 Å². The Hall–Kier alpha value is -4.52. The van der Waals surface area contributed by atoms with Gasteiger partial charge in [0.2, 0.25) is 18.2 Å². The summed E-state index contributed by atoms with van der Waals surface area (Å²) in [6.45, 7) is 4.09. The second-order valence-electron chi connectivity index (χ2n) is 9.06. The maximum atomic E-state index is 13.9. The van der Waals surface area contributed by atoms with Gasteiger partial charge in [-0.3, -0.25) is 10.2 Å². The zero-order valence-electron chi connectivity index (χ0n) is 19.0. The molecule has 172 valence electrons. The number of benzene rings is 3. The molecule has 0 spiro atoms. The maximum absolute atomic E-state index is 13.9. The zero-order chi connectivity index (χ0) is 23.8. The molecule has 0 radical (unpaired) electrons. The van der Waals surface area contributed by atoms with E-state index in [1.165, 1.54) is 0 Å². The second-order valence-corrected chi connectivity index (χ2v) is 9.06. The fraction of sp³-hybridized carbons (Fsp3) is 0.143. The largest absolute Gasteiger partial charge is 0.454 e. The molecular formula is C28H20N2O5. The lowest BCUT2D eigenvalue weighted by atomic mass is 9.81. The molecule has 1 atom stereocenters. The molecule has 0 fully saturated rings. The van der Waals surface area contributed by atoms with Gasteiger partial charge in [0.15, 0.2) is 16.9 Å². The maximum Gasteiger partial charge on any atom is 0.231 e. The van der Waals surface area contributed by atoms with Crippen molar-refractivity contribution in [3.05, 3.63) is 98.2 Å². The number of anilines is 2. The van der Waals surface area contributed by atoms with E-state index in [9.17, 15) is 4.79 Å². The third-order valence-electron chi connectivity index (χ3n) is 6.76. The van der Waals surface area contributed by atoms with E-state index >= 15 is 0 Å². The number of aryl methyl sites for hydroxylation is 2. The highest BCUT2D eigenvalue weighted by Gasteiger charge is 2.36. The number of rotatable bonds is 1. The molecule has 7 nitrogen and oxygen atoms in total. The van der Waals surface area contributed by atoms with Crippen molar-refractivity contribution in [1.29, 1.82) is 5.41 Å². The first-order valence-corrected chi connectivity index (χ1v) is 11.3. The third-order valence-corrected chi connectivity index (χ3v) is 6.76. The van der Waals surface area contributed by atoms with E-state index in [0.717, 1.165) is 22.1 Å². The van der Waals surface area contributed by atoms with Crippen LogP contribution in [0.2, 0.25) is 0 Å². The average Bonchev–Trinajstić information content (AvgIpc) is 3.32. The minimum Gasteiger partial charge on any atom is -0.454 e. The van der Waals surface area contributed by atoms with Crippen molar-refractivity contribution in [3.63, 3.8) is 0 Å². The van der Waals surface area contributed by atoms with E-state index in [1.807, 2.05) is 68.4 Å². The van der Waals surface area contributed by atoms with Gasteiger partial charge < -0.3 is 23.6 Å². The Morgan fingerprint density at radius 3 is 2.34 bits per heavy atom. The summed E-state index contributed by atoms with van der Waals surface area (Å²) in [7, 11) is 0. The quantitative estimate of drug-likeness (QED) is 0.329. The van der Waals surface area contributed by atoms with Crippen LogP contribution in [0.1, 0.15) is 33.7 Å². The molecule has 7 rings (SSSR count). The Balaban J connectivity index is 1.61. The first-order valence-electron chi connectivity index (χ1n) is 11.3. The van der Waals surface area contributed by atoms with Gasteiger partial charge in [0.05, 0.1) is 28.1 Å². The number of nitrogens with one attached hydrogen (secondary N) is 2. The Labute approximate surface area is 199 Å². The van der Waals surface area contributed by atoms with E-state index in [2.05, 4.69) is 5.32 Å². The molecule has 0 bridgehead atoms. The fourth-order valence-corrected chi connectivity index (χ4v) is 5.12. The van der Waals surface area contributed by atoms with Crippen molar-refractivity contribution in [2.24, 2.45) is 0 Å². The van der Waals surface area contributed by atoms with Crippen LogP contribution in [0.25, 0.3) is 21.9 Å².